The van der Waals surface area contributed by atoms with Crippen LogP contribution in [0.2, 0.25) is 0 Å². The summed E-state index contributed by atoms with van der Waals surface area (Å²) in [7, 11) is 1.61. The number of rotatable bonds is 6. The summed E-state index contributed by atoms with van der Waals surface area (Å²) >= 11 is 0. The van der Waals surface area contributed by atoms with Crippen LogP contribution in [0.25, 0.3) is 0 Å². The lowest BCUT2D eigenvalue weighted by Crippen LogP contribution is -2.37. The third-order valence-electron chi connectivity index (χ3n) is 3.99. The number of carbonyl (C=O) groups is 1. The molecule has 4 heteroatoms. The van der Waals surface area contributed by atoms with Gasteiger partial charge in [0.1, 0.15) is 11.5 Å². The molecule has 2 aromatic rings. The molecule has 0 aromatic heterocycles. The molecule has 0 bridgehead atoms. The minimum atomic E-state index is -0.577. The van der Waals surface area contributed by atoms with Crippen molar-refractivity contribution in [3.63, 3.8) is 0 Å². The topological polar surface area (TPSA) is 47.6 Å². The van der Waals surface area contributed by atoms with Gasteiger partial charge in [0.05, 0.1) is 13.2 Å². The second kappa shape index (κ2) is 7.86. The minimum Gasteiger partial charge on any atom is -0.497 e. The molecular weight excluding hydrogens is 302 g/mol. The highest BCUT2D eigenvalue weighted by Gasteiger charge is 2.18. The van der Waals surface area contributed by atoms with Gasteiger partial charge in [0.15, 0.2) is 6.10 Å². The Morgan fingerprint density at radius 2 is 1.62 bits per heavy atom. The van der Waals surface area contributed by atoms with E-state index in [9.17, 15) is 4.79 Å². The fourth-order valence-electron chi connectivity index (χ4n) is 2.63. The van der Waals surface area contributed by atoms with Gasteiger partial charge in [0, 0.05) is 0 Å². The number of aryl methyl sites for hydroxylation is 2. The fraction of sp³-hybridized carbons (Fsp3) is 0.350. The van der Waals surface area contributed by atoms with Gasteiger partial charge >= 0.3 is 0 Å². The Morgan fingerprint density at radius 1 is 1.00 bits per heavy atom. The first-order valence-electron chi connectivity index (χ1n) is 8.09. The summed E-state index contributed by atoms with van der Waals surface area (Å²) in [5, 5.41) is 3.01. The van der Waals surface area contributed by atoms with Crippen molar-refractivity contribution in [1.29, 1.82) is 0 Å². The van der Waals surface area contributed by atoms with Gasteiger partial charge in [-0.1, -0.05) is 23.8 Å². The van der Waals surface area contributed by atoms with Crippen LogP contribution in [0.1, 0.15) is 36.6 Å². The van der Waals surface area contributed by atoms with Crippen molar-refractivity contribution >= 4 is 5.91 Å². The molecule has 0 saturated heterocycles. The van der Waals surface area contributed by atoms with Crippen LogP contribution in [0.5, 0.6) is 11.5 Å². The van der Waals surface area contributed by atoms with Gasteiger partial charge in [0.2, 0.25) is 0 Å². The lowest BCUT2D eigenvalue weighted by molar-refractivity contribution is -0.127. The molecule has 2 atom stereocenters. The number of methoxy groups -OCH3 is 1. The van der Waals surface area contributed by atoms with E-state index in [1.54, 1.807) is 38.3 Å². The van der Waals surface area contributed by atoms with E-state index in [1.807, 2.05) is 6.92 Å². The smallest absolute Gasteiger partial charge is 0.261 e. The van der Waals surface area contributed by atoms with E-state index in [4.69, 9.17) is 9.47 Å². The molecule has 0 spiro atoms. The third-order valence-corrected chi connectivity index (χ3v) is 3.99. The molecule has 128 valence electrons. The minimum absolute atomic E-state index is 0.0694. The van der Waals surface area contributed by atoms with Crippen molar-refractivity contribution in [1.82, 2.24) is 5.32 Å². The zero-order valence-corrected chi connectivity index (χ0v) is 14.9. The van der Waals surface area contributed by atoms with E-state index in [1.165, 1.54) is 11.1 Å². The van der Waals surface area contributed by atoms with Gasteiger partial charge in [-0.25, -0.2) is 0 Å². The Balaban J connectivity index is 1.97. The Morgan fingerprint density at radius 3 is 2.21 bits per heavy atom. The lowest BCUT2D eigenvalue weighted by atomic mass is 10.0. The number of benzene rings is 2. The molecule has 1 N–H and O–H groups in total. The number of nitrogens with one attached hydrogen (secondary N) is 1. The number of hydrogen-bond donors (Lipinski definition) is 1. The molecule has 4 nitrogen and oxygen atoms in total. The molecule has 0 aliphatic carbocycles. The van der Waals surface area contributed by atoms with Gasteiger partial charge in [-0.2, -0.15) is 0 Å². The van der Waals surface area contributed by atoms with Crippen molar-refractivity contribution in [3.8, 4) is 11.5 Å². The highest BCUT2D eigenvalue weighted by Crippen LogP contribution is 2.20. The van der Waals surface area contributed by atoms with E-state index in [0.717, 1.165) is 11.3 Å². The summed E-state index contributed by atoms with van der Waals surface area (Å²) in [5.74, 6) is 1.25. The van der Waals surface area contributed by atoms with Crippen molar-refractivity contribution in [2.75, 3.05) is 7.11 Å². The Labute approximate surface area is 143 Å². The van der Waals surface area contributed by atoms with Gasteiger partial charge in [-0.05, 0) is 63.1 Å². The summed E-state index contributed by atoms with van der Waals surface area (Å²) in [6.07, 6.45) is -0.577. The highest BCUT2D eigenvalue weighted by molar-refractivity contribution is 5.81. The van der Waals surface area contributed by atoms with Crippen molar-refractivity contribution in [2.24, 2.45) is 0 Å². The van der Waals surface area contributed by atoms with Crippen molar-refractivity contribution in [2.45, 2.75) is 39.8 Å². The average molecular weight is 327 g/mol. The monoisotopic (exact) mass is 327 g/mol. The predicted octanol–water partition coefficient (Wildman–Crippen LogP) is 3.96. The quantitative estimate of drug-likeness (QED) is 0.874. The number of carbonyl (C=O) groups excluding carboxylic acids is 1. The van der Waals surface area contributed by atoms with E-state index in [-0.39, 0.29) is 11.9 Å². The average Bonchev–Trinajstić information content (AvgIpc) is 2.55. The Kier molecular flexibility index (Phi) is 5.85. The zero-order valence-electron chi connectivity index (χ0n) is 14.9. The molecule has 0 aliphatic rings. The summed E-state index contributed by atoms with van der Waals surface area (Å²) in [4.78, 5) is 12.4. The predicted molar refractivity (Wildman–Crippen MR) is 95.6 cm³/mol. The molecule has 0 unspecified atom stereocenters. The van der Waals surface area contributed by atoms with Gasteiger partial charge in [-0.15, -0.1) is 0 Å². The van der Waals surface area contributed by atoms with Crippen LogP contribution in [0, 0.1) is 13.8 Å². The number of ether oxygens (including phenoxy) is 2. The van der Waals surface area contributed by atoms with E-state index < -0.39 is 6.10 Å². The molecule has 2 aromatic carbocycles. The maximum atomic E-state index is 12.4. The molecule has 0 fully saturated rings. The van der Waals surface area contributed by atoms with Gasteiger partial charge in [0.25, 0.3) is 5.91 Å². The molecule has 0 aliphatic heterocycles. The van der Waals surface area contributed by atoms with E-state index in [0.29, 0.717) is 5.75 Å². The molecular formula is C20H25NO3. The second-order valence-electron chi connectivity index (χ2n) is 6.03. The highest BCUT2D eigenvalue weighted by atomic mass is 16.5. The Bertz CT molecular complexity index is 695. The SMILES string of the molecule is COc1ccc(O[C@H](C)C(=O)N[C@@H](C)c2ccc(C)cc2C)cc1. The van der Waals surface area contributed by atoms with Crippen LogP contribution in [-0.4, -0.2) is 19.1 Å². The second-order valence-corrected chi connectivity index (χ2v) is 6.03. The van der Waals surface area contributed by atoms with Crippen molar-refractivity contribution < 1.29 is 14.3 Å². The Hall–Kier alpha value is -2.49. The summed E-state index contributed by atoms with van der Waals surface area (Å²) in [6, 6.07) is 13.4. The first-order chi connectivity index (χ1) is 11.4. The lowest BCUT2D eigenvalue weighted by Gasteiger charge is -2.20. The number of amides is 1. The first kappa shape index (κ1) is 17.9. The van der Waals surface area contributed by atoms with Crippen LogP contribution in [0.4, 0.5) is 0 Å². The molecule has 1 amide bonds. The first-order valence-corrected chi connectivity index (χ1v) is 8.09. The maximum Gasteiger partial charge on any atom is 0.261 e. The standard InChI is InChI=1S/C20H25NO3/c1-13-6-11-19(14(2)12-13)15(3)21-20(22)16(4)24-18-9-7-17(23-5)8-10-18/h6-12,15-16H,1-5H3,(H,21,22)/t15-,16+/m0/s1. The molecule has 0 heterocycles. The van der Waals surface area contributed by atoms with Gasteiger partial charge < -0.3 is 14.8 Å². The van der Waals surface area contributed by atoms with Crippen LogP contribution in [0.3, 0.4) is 0 Å². The third kappa shape index (κ3) is 4.51. The molecule has 0 radical (unpaired) electrons. The largest absolute Gasteiger partial charge is 0.497 e. The van der Waals surface area contributed by atoms with Crippen LogP contribution in [0.15, 0.2) is 42.5 Å². The molecule has 24 heavy (non-hydrogen) atoms. The molecule has 2 rings (SSSR count). The number of hydrogen-bond acceptors (Lipinski definition) is 3. The van der Waals surface area contributed by atoms with Crippen molar-refractivity contribution in [3.05, 3.63) is 59.2 Å². The van der Waals surface area contributed by atoms with E-state index in [2.05, 4.69) is 37.4 Å². The molecule has 0 saturated carbocycles. The summed E-state index contributed by atoms with van der Waals surface area (Å²) in [5.41, 5.74) is 3.50. The van der Waals surface area contributed by atoms with E-state index >= 15 is 0 Å². The fourth-order valence-corrected chi connectivity index (χ4v) is 2.63. The van der Waals surface area contributed by atoms with Gasteiger partial charge in [-0.3, -0.25) is 4.79 Å². The summed E-state index contributed by atoms with van der Waals surface area (Å²) < 4.78 is 10.8. The summed E-state index contributed by atoms with van der Waals surface area (Å²) in [6.45, 7) is 7.84. The maximum absolute atomic E-state index is 12.4. The van der Waals surface area contributed by atoms with Crippen LogP contribution < -0.4 is 14.8 Å². The normalized spacial score (nSPS) is 13.0. The zero-order chi connectivity index (χ0) is 17.7. The van der Waals surface area contributed by atoms with Crippen LogP contribution >= 0.6 is 0 Å². The van der Waals surface area contributed by atoms with Crippen LogP contribution in [-0.2, 0) is 4.79 Å².